The molecule has 1 fully saturated rings. The molecule has 0 amide bonds. The molecule has 0 aromatic heterocycles. The van der Waals surface area contributed by atoms with Crippen molar-refractivity contribution in [2.75, 3.05) is 61.3 Å². The second-order valence-electron chi connectivity index (χ2n) is 6.52. The van der Waals surface area contributed by atoms with Gasteiger partial charge in [-0.05, 0) is 12.8 Å². The van der Waals surface area contributed by atoms with Crippen LogP contribution in [0.5, 0.6) is 17.2 Å². The zero-order valence-electron chi connectivity index (χ0n) is 17.4. The molecule has 8 nitrogen and oxygen atoms in total. The molecule has 0 bridgehead atoms. The number of nitrogens with one attached hydrogen (secondary N) is 2. The smallest absolute Gasteiger partial charge is 0.191 e. The van der Waals surface area contributed by atoms with Crippen LogP contribution in [0.25, 0.3) is 0 Å². The van der Waals surface area contributed by atoms with E-state index < -0.39 is 0 Å². The number of hydrogen-bond acceptors (Lipinski definition) is 6. The fourth-order valence-electron chi connectivity index (χ4n) is 2.99. The number of aliphatic imine (C=N–C) groups is 1. The molecule has 0 spiro atoms. The van der Waals surface area contributed by atoms with Gasteiger partial charge >= 0.3 is 0 Å². The summed E-state index contributed by atoms with van der Waals surface area (Å²) >= 11 is 0. The van der Waals surface area contributed by atoms with E-state index in [1.165, 1.54) is 0 Å². The van der Waals surface area contributed by atoms with E-state index in [0.29, 0.717) is 35.7 Å². The highest BCUT2D eigenvalue weighted by Crippen LogP contribution is 2.33. The van der Waals surface area contributed by atoms with E-state index in [9.17, 15) is 0 Å². The van der Waals surface area contributed by atoms with Crippen LogP contribution in [0.3, 0.4) is 0 Å². The van der Waals surface area contributed by atoms with Gasteiger partial charge in [-0.2, -0.15) is 0 Å². The van der Waals surface area contributed by atoms with E-state index >= 15 is 0 Å². The van der Waals surface area contributed by atoms with Crippen LogP contribution in [0.4, 0.5) is 0 Å². The highest BCUT2D eigenvalue weighted by molar-refractivity contribution is 5.79. The number of benzene rings is 1. The molecule has 1 atom stereocenters. The van der Waals surface area contributed by atoms with Crippen molar-refractivity contribution in [3.63, 3.8) is 0 Å². The lowest BCUT2D eigenvalue weighted by molar-refractivity contribution is 0.0888. The van der Waals surface area contributed by atoms with Gasteiger partial charge in [0.2, 0.25) is 0 Å². The molecule has 158 valence electrons. The minimum atomic E-state index is 0.508. The Morgan fingerprint density at radius 3 is 2.46 bits per heavy atom. The number of ether oxygens (including phenoxy) is 5. The van der Waals surface area contributed by atoms with E-state index in [0.717, 1.165) is 51.4 Å². The predicted octanol–water partition coefficient (Wildman–Crippen LogP) is 1.82. The van der Waals surface area contributed by atoms with Gasteiger partial charge in [0, 0.05) is 44.9 Å². The van der Waals surface area contributed by atoms with Gasteiger partial charge in [0.1, 0.15) is 17.2 Å². The topological polar surface area (TPSA) is 82.6 Å². The Balaban J connectivity index is 1.75. The normalized spacial score (nSPS) is 16.7. The quantitative estimate of drug-likeness (QED) is 0.336. The van der Waals surface area contributed by atoms with Crippen molar-refractivity contribution >= 4 is 5.96 Å². The van der Waals surface area contributed by atoms with Crippen molar-refractivity contribution in [2.24, 2.45) is 10.9 Å². The number of guanidine groups is 1. The number of nitrogens with zero attached hydrogens (tertiary/aromatic N) is 1. The molecule has 0 saturated carbocycles. The van der Waals surface area contributed by atoms with E-state index in [-0.39, 0.29) is 0 Å². The first-order valence-electron chi connectivity index (χ1n) is 9.60. The van der Waals surface area contributed by atoms with Gasteiger partial charge in [-0.15, -0.1) is 0 Å². The SMILES string of the molecule is CN=C(NCCCOCC1CCOC1)NCc1c(OC)cc(OC)cc1OC. The number of methoxy groups -OCH3 is 3. The molecule has 8 heteroatoms. The van der Waals surface area contributed by atoms with E-state index in [1.807, 2.05) is 12.1 Å². The van der Waals surface area contributed by atoms with Crippen LogP contribution in [0.2, 0.25) is 0 Å². The first-order chi connectivity index (χ1) is 13.7. The summed E-state index contributed by atoms with van der Waals surface area (Å²) in [6.45, 7) is 4.48. The van der Waals surface area contributed by atoms with Gasteiger partial charge in [-0.3, -0.25) is 4.99 Å². The number of hydrogen-bond donors (Lipinski definition) is 2. The molecule has 1 heterocycles. The van der Waals surface area contributed by atoms with Crippen molar-refractivity contribution in [1.29, 1.82) is 0 Å². The number of rotatable bonds is 11. The van der Waals surface area contributed by atoms with Crippen molar-refractivity contribution < 1.29 is 23.7 Å². The van der Waals surface area contributed by atoms with Crippen molar-refractivity contribution in [3.8, 4) is 17.2 Å². The summed E-state index contributed by atoms with van der Waals surface area (Å²) in [5, 5.41) is 6.58. The third-order valence-electron chi connectivity index (χ3n) is 4.61. The molecule has 0 radical (unpaired) electrons. The zero-order chi connectivity index (χ0) is 20.2. The standard InChI is InChI=1S/C20H33N3O5/c1-21-20(22-7-5-8-27-13-15-6-9-28-14-15)23-12-17-18(25-3)10-16(24-2)11-19(17)26-4/h10-11,15H,5-9,12-14H2,1-4H3,(H2,21,22,23). The average Bonchev–Trinajstić information content (AvgIpc) is 3.25. The molecular weight excluding hydrogens is 362 g/mol. The van der Waals surface area contributed by atoms with Gasteiger partial charge in [0.05, 0.1) is 46.7 Å². The van der Waals surface area contributed by atoms with Gasteiger partial charge in [-0.25, -0.2) is 0 Å². The average molecular weight is 396 g/mol. The Morgan fingerprint density at radius 2 is 1.89 bits per heavy atom. The first kappa shape index (κ1) is 22.1. The fraction of sp³-hybridized carbons (Fsp3) is 0.650. The monoisotopic (exact) mass is 395 g/mol. The summed E-state index contributed by atoms with van der Waals surface area (Å²) in [6, 6.07) is 3.67. The highest BCUT2D eigenvalue weighted by atomic mass is 16.5. The molecule has 1 saturated heterocycles. The summed E-state index contributed by atoms with van der Waals surface area (Å²) in [5.41, 5.74) is 0.899. The minimum Gasteiger partial charge on any atom is -0.496 e. The first-order valence-corrected chi connectivity index (χ1v) is 9.60. The van der Waals surface area contributed by atoms with E-state index in [4.69, 9.17) is 23.7 Å². The van der Waals surface area contributed by atoms with Gasteiger partial charge < -0.3 is 34.3 Å². The second-order valence-corrected chi connectivity index (χ2v) is 6.52. The third kappa shape index (κ3) is 6.76. The summed E-state index contributed by atoms with van der Waals surface area (Å²) in [7, 11) is 6.61. The predicted molar refractivity (Wildman–Crippen MR) is 109 cm³/mol. The second kappa shape index (κ2) is 12.3. The molecule has 2 rings (SSSR count). The van der Waals surface area contributed by atoms with E-state index in [2.05, 4.69) is 15.6 Å². The fourth-order valence-corrected chi connectivity index (χ4v) is 2.99. The van der Waals surface area contributed by atoms with Crippen molar-refractivity contribution in [1.82, 2.24) is 10.6 Å². The lowest BCUT2D eigenvalue weighted by atomic mass is 10.1. The maximum Gasteiger partial charge on any atom is 0.191 e. The Bertz CT molecular complexity index is 593. The summed E-state index contributed by atoms with van der Waals surface area (Å²) in [5.74, 6) is 3.34. The summed E-state index contributed by atoms with van der Waals surface area (Å²) in [4.78, 5) is 4.26. The van der Waals surface area contributed by atoms with Crippen LogP contribution in [0.15, 0.2) is 17.1 Å². The Morgan fingerprint density at radius 1 is 1.14 bits per heavy atom. The Hall–Kier alpha value is -2.19. The van der Waals surface area contributed by atoms with Crippen LogP contribution < -0.4 is 24.8 Å². The van der Waals surface area contributed by atoms with Crippen LogP contribution in [0, 0.1) is 5.92 Å². The summed E-state index contributed by atoms with van der Waals surface area (Å²) in [6.07, 6.45) is 2.01. The molecule has 28 heavy (non-hydrogen) atoms. The molecule has 0 aliphatic carbocycles. The molecule has 1 aliphatic rings. The summed E-state index contributed by atoms with van der Waals surface area (Å²) < 4.78 is 27.3. The van der Waals surface area contributed by atoms with Crippen LogP contribution >= 0.6 is 0 Å². The van der Waals surface area contributed by atoms with Gasteiger partial charge in [-0.1, -0.05) is 0 Å². The van der Waals surface area contributed by atoms with Crippen molar-refractivity contribution in [2.45, 2.75) is 19.4 Å². The van der Waals surface area contributed by atoms with Crippen molar-refractivity contribution in [3.05, 3.63) is 17.7 Å². The Kier molecular flexibility index (Phi) is 9.71. The largest absolute Gasteiger partial charge is 0.496 e. The van der Waals surface area contributed by atoms with Gasteiger partial charge in [0.25, 0.3) is 0 Å². The molecule has 1 unspecified atom stereocenters. The minimum absolute atomic E-state index is 0.508. The highest BCUT2D eigenvalue weighted by Gasteiger charge is 2.15. The van der Waals surface area contributed by atoms with Crippen LogP contribution in [-0.2, 0) is 16.0 Å². The van der Waals surface area contributed by atoms with Crippen LogP contribution in [-0.4, -0.2) is 67.3 Å². The lowest BCUT2D eigenvalue weighted by Crippen LogP contribution is -2.37. The molecule has 1 aliphatic heterocycles. The molecular formula is C20H33N3O5. The maximum absolute atomic E-state index is 5.72. The maximum atomic E-state index is 5.72. The van der Waals surface area contributed by atoms with Crippen LogP contribution in [0.1, 0.15) is 18.4 Å². The third-order valence-corrected chi connectivity index (χ3v) is 4.61. The molecule has 2 N–H and O–H groups in total. The lowest BCUT2D eigenvalue weighted by Gasteiger charge is -2.17. The Labute approximate surface area is 167 Å². The zero-order valence-corrected chi connectivity index (χ0v) is 17.4. The van der Waals surface area contributed by atoms with E-state index in [1.54, 1.807) is 28.4 Å². The molecule has 1 aromatic carbocycles. The van der Waals surface area contributed by atoms with Gasteiger partial charge in [0.15, 0.2) is 5.96 Å². The molecule has 1 aromatic rings.